The molecule has 23 heavy (non-hydrogen) atoms. The lowest BCUT2D eigenvalue weighted by molar-refractivity contribution is 0.0819. The second-order valence-electron chi connectivity index (χ2n) is 5.71. The zero-order chi connectivity index (χ0) is 17.0. The smallest absolute Gasteiger partial charge is 0.272 e. The van der Waals surface area contributed by atoms with Gasteiger partial charge >= 0.3 is 0 Å². The molecule has 2 N–H and O–H groups in total. The molecule has 0 aliphatic carbocycles. The summed E-state index contributed by atoms with van der Waals surface area (Å²) in [5.41, 5.74) is 5.93. The van der Waals surface area contributed by atoms with Crippen LogP contribution in [-0.4, -0.2) is 44.4 Å². The van der Waals surface area contributed by atoms with Crippen LogP contribution in [0.1, 0.15) is 26.2 Å². The van der Waals surface area contributed by atoms with Crippen LogP contribution in [0.4, 0.5) is 8.78 Å². The molecule has 1 aliphatic heterocycles. The Morgan fingerprint density at radius 3 is 2.52 bits per heavy atom. The van der Waals surface area contributed by atoms with E-state index in [0.717, 1.165) is 19.3 Å². The Labute approximate surface area is 135 Å². The first kappa shape index (κ1) is 18.1. The number of hydrogen-bond acceptors (Lipinski definition) is 4. The lowest BCUT2D eigenvalue weighted by Crippen LogP contribution is -2.51. The van der Waals surface area contributed by atoms with E-state index in [1.807, 2.05) is 0 Å². The Morgan fingerprint density at radius 2 is 1.96 bits per heavy atom. The van der Waals surface area contributed by atoms with E-state index >= 15 is 0 Å². The van der Waals surface area contributed by atoms with Crippen LogP contribution in [0.2, 0.25) is 0 Å². The Kier molecular flexibility index (Phi) is 5.94. The molecule has 1 fully saturated rings. The zero-order valence-electron chi connectivity index (χ0n) is 13.0. The van der Waals surface area contributed by atoms with Crippen molar-refractivity contribution in [2.75, 3.05) is 13.2 Å². The summed E-state index contributed by atoms with van der Waals surface area (Å²) in [4.78, 5) is 0.120. The van der Waals surface area contributed by atoms with Gasteiger partial charge in [0.15, 0.2) is 0 Å². The summed E-state index contributed by atoms with van der Waals surface area (Å²) in [5, 5.41) is 0. The highest BCUT2D eigenvalue weighted by atomic mass is 32.2. The molecule has 0 amide bonds. The number of benzene rings is 1. The first-order chi connectivity index (χ1) is 10.8. The SMILES string of the molecule is CC(N)C1CCCCN1S(=O)(=O)c1ccc(OCC(F)F)cc1. The van der Waals surface area contributed by atoms with Crippen LogP contribution in [0.15, 0.2) is 29.2 Å². The number of rotatable bonds is 6. The number of piperidine rings is 1. The monoisotopic (exact) mass is 348 g/mol. The number of sulfonamides is 1. The molecule has 1 aromatic carbocycles. The van der Waals surface area contributed by atoms with E-state index in [4.69, 9.17) is 10.5 Å². The molecule has 0 saturated carbocycles. The number of ether oxygens (including phenoxy) is 1. The highest BCUT2D eigenvalue weighted by Gasteiger charge is 2.35. The second kappa shape index (κ2) is 7.55. The summed E-state index contributed by atoms with van der Waals surface area (Å²) in [7, 11) is -3.65. The van der Waals surface area contributed by atoms with E-state index in [-0.39, 0.29) is 22.7 Å². The van der Waals surface area contributed by atoms with Gasteiger partial charge in [0.2, 0.25) is 10.0 Å². The van der Waals surface area contributed by atoms with Crippen LogP contribution in [0, 0.1) is 0 Å². The first-order valence-corrected chi connectivity index (χ1v) is 9.05. The minimum Gasteiger partial charge on any atom is -0.488 e. The molecule has 1 aromatic rings. The van der Waals surface area contributed by atoms with Gasteiger partial charge in [0.1, 0.15) is 12.4 Å². The molecule has 1 aliphatic rings. The van der Waals surface area contributed by atoms with Gasteiger partial charge < -0.3 is 10.5 Å². The molecule has 0 radical (unpaired) electrons. The first-order valence-electron chi connectivity index (χ1n) is 7.61. The fourth-order valence-electron chi connectivity index (χ4n) is 2.76. The third kappa shape index (κ3) is 4.39. The van der Waals surface area contributed by atoms with Crippen LogP contribution in [0.3, 0.4) is 0 Å². The Morgan fingerprint density at radius 1 is 1.30 bits per heavy atom. The molecular formula is C15H22F2N2O3S. The molecule has 2 unspecified atom stereocenters. The van der Waals surface area contributed by atoms with Crippen molar-refractivity contribution in [1.29, 1.82) is 0 Å². The van der Waals surface area contributed by atoms with Crippen molar-refractivity contribution >= 4 is 10.0 Å². The van der Waals surface area contributed by atoms with Gasteiger partial charge in [-0.25, -0.2) is 17.2 Å². The van der Waals surface area contributed by atoms with Gasteiger partial charge in [-0.2, -0.15) is 4.31 Å². The normalized spacial score (nSPS) is 21.3. The van der Waals surface area contributed by atoms with Crippen LogP contribution in [-0.2, 0) is 10.0 Å². The molecular weight excluding hydrogens is 326 g/mol. The quantitative estimate of drug-likeness (QED) is 0.856. The predicted molar refractivity (Wildman–Crippen MR) is 83.1 cm³/mol. The average molecular weight is 348 g/mol. The highest BCUT2D eigenvalue weighted by Crippen LogP contribution is 2.27. The van der Waals surface area contributed by atoms with Crippen LogP contribution < -0.4 is 10.5 Å². The second-order valence-corrected chi connectivity index (χ2v) is 7.60. The molecule has 8 heteroatoms. The fraction of sp³-hybridized carbons (Fsp3) is 0.600. The number of nitrogens with two attached hydrogens (primary N) is 1. The van der Waals surface area contributed by atoms with Crippen molar-refractivity contribution < 1.29 is 21.9 Å². The highest BCUT2D eigenvalue weighted by molar-refractivity contribution is 7.89. The molecule has 130 valence electrons. The lowest BCUT2D eigenvalue weighted by atomic mass is 10.00. The van der Waals surface area contributed by atoms with Gasteiger partial charge in [0, 0.05) is 18.6 Å². The van der Waals surface area contributed by atoms with Crippen molar-refractivity contribution in [3.63, 3.8) is 0 Å². The van der Waals surface area contributed by atoms with Gasteiger partial charge in [-0.3, -0.25) is 0 Å². The third-order valence-corrected chi connectivity index (χ3v) is 5.85. The maximum atomic E-state index is 12.8. The Hall–Kier alpha value is -1.25. The molecule has 5 nitrogen and oxygen atoms in total. The molecule has 1 heterocycles. The standard InChI is InChI=1S/C15H22F2N2O3S/c1-11(18)14-4-2-3-9-19(14)23(20,21)13-7-5-12(6-8-13)22-10-15(16)17/h5-8,11,14-15H,2-4,9-10,18H2,1H3. The Bertz CT molecular complexity index is 606. The van der Waals surface area contributed by atoms with Crippen molar-refractivity contribution in [2.24, 2.45) is 5.73 Å². The van der Waals surface area contributed by atoms with E-state index in [9.17, 15) is 17.2 Å². The van der Waals surface area contributed by atoms with Gasteiger partial charge in [0.25, 0.3) is 6.43 Å². The summed E-state index contributed by atoms with van der Waals surface area (Å²) in [5.74, 6) is 0.214. The molecule has 2 rings (SSSR count). The minimum absolute atomic E-state index is 0.120. The van der Waals surface area contributed by atoms with Gasteiger partial charge in [-0.05, 0) is 44.0 Å². The number of alkyl halides is 2. The minimum atomic E-state index is -3.65. The molecule has 2 atom stereocenters. The lowest BCUT2D eigenvalue weighted by Gasteiger charge is -2.36. The summed E-state index contributed by atoms with van der Waals surface area (Å²) >= 11 is 0. The van der Waals surface area contributed by atoms with E-state index < -0.39 is 23.1 Å². The van der Waals surface area contributed by atoms with Crippen molar-refractivity contribution in [2.45, 2.75) is 49.6 Å². The summed E-state index contributed by atoms with van der Waals surface area (Å²) < 4.78 is 56.1. The van der Waals surface area contributed by atoms with Crippen LogP contribution >= 0.6 is 0 Å². The van der Waals surface area contributed by atoms with E-state index in [1.54, 1.807) is 6.92 Å². The largest absolute Gasteiger partial charge is 0.488 e. The summed E-state index contributed by atoms with van der Waals surface area (Å²) in [6, 6.07) is 5.06. The van der Waals surface area contributed by atoms with E-state index in [0.29, 0.717) is 6.54 Å². The van der Waals surface area contributed by atoms with Gasteiger partial charge in [0.05, 0.1) is 4.90 Å². The summed E-state index contributed by atoms with van der Waals surface area (Å²) in [6.07, 6.45) is -0.0677. The third-order valence-electron chi connectivity index (χ3n) is 3.91. The predicted octanol–water partition coefficient (Wildman–Crippen LogP) is 2.22. The maximum absolute atomic E-state index is 12.8. The number of hydrogen-bond donors (Lipinski definition) is 1. The molecule has 0 bridgehead atoms. The molecule has 1 saturated heterocycles. The van der Waals surface area contributed by atoms with E-state index in [1.165, 1.54) is 28.6 Å². The van der Waals surface area contributed by atoms with Crippen molar-refractivity contribution in [3.8, 4) is 5.75 Å². The molecule has 0 aromatic heterocycles. The Balaban J connectivity index is 2.18. The van der Waals surface area contributed by atoms with Gasteiger partial charge in [-0.1, -0.05) is 6.42 Å². The van der Waals surface area contributed by atoms with Gasteiger partial charge in [-0.15, -0.1) is 0 Å². The fourth-order valence-corrected chi connectivity index (χ4v) is 4.53. The number of halogens is 2. The van der Waals surface area contributed by atoms with Crippen LogP contribution in [0.25, 0.3) is 0 Å². The van der Waals surface area contributed by atoms with E-state index in [2.05, 4.69) is 0 Å². The average Bonchev–Trinajstić information content (AvgIpc) is 2.53. The summed E-state index contributed by atoms with van der Waals surface area (Å²) in [6.45, 7) is 1.53. The zero-order valence-corrected chi connectivity index (χ0v) is 13.8. The topological polar surface area (TPSA) is 72.6 Å². The number of nitrogens with zero attached hydrogens (tertiary/aromatic N) is 1. The van der Waals surface area contributed by atoms with Crippen molar-refractivity contribution in [3.05, 3.63) is 24.3 Å². The van der Waals surface area contributed by atoms with Crippen LogP contribution in [0.5, 0.6) is 5.75 Å². The maximum Gasteiger partial charge on any atom is 0.272 e. The van der Waals surface area contributed by atoms with Crippen molar-refractivity contribution in [1.82, 2.24) is 4.31 Å². The molecule has 0 spiro atoms.